The van der Waals surface area contributed by atoms with Gasteiger partial charge >= 0.3 is 0 Å². The summed E-state index contributed by atoms with van der Waals surface area (Å²) in [7, 11) is 0. The lowest BCUT2D eigenvalue weighted by atomic mass is 9.70. The van der Waals surface area contributed by atoms with Gasteiger partial charge in [0.15, 0.2) is 0 Å². The van der Waals surface area contributed by atoms with Crippen molar-refractivity contribution in [1.29, 1.82) is 0 Å². The van der Waals surface area contributed by atoms with Crippen molar-refractivity contribution in [3.63, 3.8) is 0 Å². The summed E-state index contributed by atoms with van der Waals surface area (Å²) >= 11 is 0. The summed E-state index contributed by atoms with van der Waals surface area (Å²) < 4.78 is 6.34. The highest BCUT2D eigenvalue weighted by Crippen LogP contribution is 2.46. The summed E-state index contributed by atoms with van der Waals surface area (Å²) in [4.78, 5) is 0. The highest BCUT2D eigenvalue weighted by Gasteiger charge is 2.39. The predicted molar refractivity (Wildman–Crippen MR) is 96.6 cm³/mol. The highest BCUT2D eigenvalue weighted by molar-refractivity contribution is 5.21. The Morgan fingerprint density at radius 1 is 0.955 bits per heavy atom. The van der Waals surface area contributed by atoms with Crippen molar-refractivity contribution in [1.82, 2.24) is 0 Å². The van der Waals surface area contributed by atoms with Crippen LogP contribution in [0.2, 0.25) is 0 Å². The Morgan fingerprint density at radius 3 is 2.05 bits per heavy atom. The molecule has 0 aliphatic heterocycles. The Labute approximate surface area is 138 Å². The van der Waals surface area contributed by atoms with E-state index in [0.29, 0.717) is 6.61 Å². The summed E-state index contributed by atoms with van der Waals surface area (Å²) in [6.45, 7) is 16.5. The van der Waals surface area contributed by atoms with Crippen LogP contribution in [0.3, 0.4) is 0 Å². The number of unbranched alkanes of at least 4 members (excludes halogenated alkanes) is 2. The van der Waals surface area contributed by atoms with E-state index in [1.807, 2.05) is 0 Å². The van der Waals surface area contributed by atoms with Gasteiger partial charge in [-0.05, 0) is 29.7 Å². The quantitative estimate of drug-likeness (QED) is 0.486. The molecule has 0 aliphatic rings. The summed E-state index contributed by atoms with van der Waals surface area (Å²) in [6.07, 6.45) is 6.28. The largest absolute Gasteiger partial charge is 0.366 e. The number of aryl methyl sites for hydroxylation is 1. The molecular formula is C21H35O. The number of hydrogen-bond donors (Lipinski definition) is 0. The zero-order valence-electron chi connectivity index (χ0n) is 15.8. The van der Waals surface area contributed by atoms with Gasteiger partial charge in [0.1, 0.15) is 6.10 Å². The minimum atomic E-state index is 0.0699. The molecule has 1 aromatic rings. The van der Waals surface area contributed by atoms with Gasteiger partial charge in [0.2, 0.25) is 0 Å². The SMILES string of the molecule is CCCCCC(C)(C)[C](OCc1ccc(C)cc1)C(C)(C)C. The summed E-state index contributed by atoms with van der Waals surface area (Å²) in [6, 6.07) is 8.64. The van der Waals surface area contributed by atoms with Gasteiger partial charge in [-0.1, -0.05) is 90.6 Å². The molecule has 0 N–H and O–H groups in total. The average Bonchev–Trinajstić information content (AvgIpc) is 2.39. The minimum absolute atomic E-state index is 0.0699. The monoisotopic (exact) mass is 303 g/mol. The molecule has 0 spiro atoms. The fraction of sp³-hybridized carbons (Fsp3) is 0.667. The molecule has 0 aliphatic carbocycles. The molecule has 22 heavy (non-hydrogen) atoms. The smallest absolute Gasteiger partial charge is 0.108 e. The molecule has 0 saturated carbocycles. The lowest BCUT2D eigenvalue weighted by Gasteiger charge is -2.41. The van der Waals surface area contributed by atoms with E-state index in [9.17, 15) is 0 Å². The van der Waals surface area contributed by atoms with Crippen LogP contribution in [0.25, 0.3) is 0 Å². The van der Waals surface area contributed by atoms with Gasteiger partial charge in [-0.15, -0.1) is 0 Å². The second-order valence-electron chi connectivity index (χ2n) is 8.19. The first kappa shape index (κ1) is 19.2. The maximum Gasteiger partial charge on any atom is 0.108 e. The van der Waals surface area contributed by atoms with Crippen LogP contribution in [0.4, 0.5) is 0 Å². The Kier molecular flexibility index (Phi) is 7.12. The first-order valence-electron chi connectivity index (χ1n) is 8.73. The van der Waals surface area contributed by atoms with Crippen LogP contribution in [-0.2, 0) is 11.3 Å². The summed E-state index contributed by atoms with van der Waals surface area (Å²) in [5, 5.41) is 0. The van der Waals surface area contributed by atoms with E-state index in [1.54, 1.807) is 0 Å². The number of hydrogen-bond acceptors (Lipinski definition) is 1. The molecular weight excluding hydrogens is 268 g/mol. The molecule has 1 radical (unpaired) electrons. The average molecular weight is 304 g/mol. The van der Waals surface area contributed by atoms with Crippen LogP contribution in [0.1, 0.15) is 78.4 Å². The molecule has 0 aromatic heterocycles. The Bertz CT molecular complexity index is 422. The number of ether oxygens (including phenoxy) is 1. The Balaban J connectivity index is 2.74. The molecule has 0 fully saturated rings. The molecule has 125 valence electrons. The van der Waals surface area contributed by atoms with Crippen LogP contribution < -0.4 is 0 Å². The molecule has 0 unspecified atom stereocenters. The third kappa shape index (κ3) is 6.12. The first-order valence-corrected chi connectivity index (χ1v) is 8.73. The molecule has 0 atom stereocenters. The van der Waals surface area contributed by atoms with Crippen molar-refractivity contribution in [2.24, 2.45) is 10.8 Å². The van der Waals surface area contributed by atoms with Crippen LogP contribution in [0, 0.1) is 23.9 Å². The third-order valence-corrected chi connectivity index (χ3v) is 4.20. The van der Waals surface area contributed by atoms with E-state index in [0.717, 1.165) is 0 Å². The van der Waals surface area contributed by atoms with E-state index in [-0.39, 0.29) is 10.8 Å². The van der Waals surface area contributed by atoms with Gasteiger partial charge in [-0.25, -0.2) is 0 Å². The van der Waals surface area contributed by atoms with Crippen molar-refractivity contribution < 1.29 is 4.74 Å². The van der Waals surface area contributed by atoms with Crippen molar-refractivity contribution in [3.05, 3.63) is 41.5 Å². The van der Waals surface area contributed by atoms with Gasteiger partial charge < -0.3 is 4.74 Å². The number of benzene rings is 1. The van der Waals surface area contributed by atoms with Crippen molar-refractivity contribution >= 4 is 0 Å². The summed E-state index contributed by atoms with van der Waals surface area (Å²) in [5.74, 6) is 0. The highest BCUT2D eigenvalue weighted by atomic mass is 16.5. The molecule has 1 rings (SSSR count). The van der Waals surface area contributed by atoms with Gasteiger partial charge in [-0.3, -0.25) is 0 Å². The van der Waals surface area contributed by atoms with Gasteiger partial charge in [-0.2, -0.15) is 0 Å². The van der Waals surface area contributed by atoms with Crippen molar-refractivity contribution in [2.75, 3.05) is 0 Å². The van der Waals surface area contributed by atoms with Crippen LogP contribution >= 0.6 is 0 Å². The van der Waals surface area contributed by atoms with E-state index >= 15 is 0 Å². The normalized spacial score (nSPS) is 12.9. The van der Waals surface area contributed by atoms with Crippen LogP contribution in [0.5, 0.6) is 0 Å². The van der Waals surface area contributed by atoms with Crippen molar-refractivity contribution in [3.8, 4) is 0 Å². The topological polar surface area (TPSA) is 9.23 Å². The first-order chi connectivity index (χ1) is 10.2. The Morgan fingerprint density at radius 2 is 1.55 bits per heavy atom. The maximum atomic E-state index is 6.34. The maximum absolute atomic E-state index is 6.34. The zero-order chi connectivity index (χ0) is 16.8. The second-order valence-corrected chi connectivity index (χ2v) is 8.19. The van der Waals surface area contributed by atoms with Gasteiger partial charge in [0.25, 0.3) is 0 Å². The second kappa shape index (κ2) is 8.15. The molecule has 0 bridgehead atoms. The fourth-order valence-electron chi connectivity index (χ4n) is 3.20. The molecule has 1 heteroatoms. The molecule has 1 nitrogen and oxygen atoms in total. The standard InChI is InChI=1S/C21H35O/c1-8-9-10-15-21(6,7)19(20(3,4)5)22-16-18-13-11-17(2)12-14-18/h11-14H,8-10,15-16H2,1-7H3. The molecule has 0 heterocycles. The lowest BCUT2D eigenvalue weighted by Crippen LogP contribution is -2.34. The van der Waals surface area contributed by atoms with Gasteiger partial charge in [0.05, 0.1) is 6.61 Å². The molecule has 0 saturated heterocycles. The molecule has 0 amide bonds. The zero-order valence-corrected chi connectivity index (χ0v) is 15.8. The molecule has 1 aromatic carbocycles. The van der Waals surface area contributed by atoms with Crippen LogP contribution in [-0.4, -0.2) is 0 Å². The number of rotatable bonds is 8. The predicted octanol–water partition coefficient (Wildman–Crippen LogP) is 6.70. The lowest BCUT2D eigenvalue weighted by molar-refractivity contribution is -0.00735. The van der Waals surface area contributed by atoms with E-state index in [1.165, 1.54) is 42.9 Å². The fourth-order valence-corrected chi connectivity index (χ4v) is 3.20. The Hall–Kier alpha value is -0.820. The third-order valence-electron chi connectivity index (χ3n) is 4.20. The van der Waals surface area contributed by atoms with Gasteiger partial charge in [0, 0.05) is 0 Å². The minimum Gasteiger partial charge on any atom is -0.366 e. The van der Waals surface area contributed by atoms with E-state index in [2.05, 4.69) is 72.7 Å². The van der Waals surface area contributed by atoms with Crippen LogP contribution in [0.15, 0.2) is 24.3 Å². The van der Waals surface area contributed by atoms with E-state index < -0.39 is 0 Å². The van der Waals surface area contributed by atoms with E-state index in [4.69, 9.17) is 4.74 Å². The summed E-state index contributed by atoms with van der Waals surface area (Å²) in [5.41, 5.74) is 2.74. The van der Waals surface area contributed by atoms with Crippen molar-refractivity contribution in [2.45, 2.75) is 80.8 Å².